The summed E-state index contributed by atoms with van der Waals surface area (Å²) < 4.78 is 14.5. The van der Waals surface area contributed by atoms with Gasteiger partial charge in [-0.15, -0.1) is 0 Å². The van der Waals surface area contributed by atoms with Gasteiger partial charge in [0.05, 0.1) is 16.3 Å². The predicted molar refractivity (Wildman–Crippen MR) is 133 cm³/mol. The van der Waals surface area contributed by atoms with Crippen molar-refractivity contribution in [3.05, 3.63) is 88.3 Å². The van der Waals surface area contributed by atoms with Crippen LogP contribution in [0.5, 0.6) is 0 Å². The van der Waals surface area contributed by atoms with Crippen molar-refractivity contribution in [3.8, 4) is 28.7 Å². The smallest absolute Gasteiger partial charge is 0.163 e. The van der Waals surface area contributed by atoms with Crippen molar-refractivity contribution in [3.63, 3.8) is 0 Å². The van der Waals surface area contributed by atoms with E-state index < -0.39 is 0 Å². The van der Waals surface area contributed by atoms with Crippen molar-refractivity contribution in [2.24, 2.45) is 0 Å². The van der Waals surface area contributed by atoms with Crippen LogP contribution in [0.4, 0.5) is 16.0 Å². The summed E-state index contributed by atoms with van der Waals surface area (Å²) in [6.45, 7) is 1.26. The molecule has 0 fully saturated rings. The first-order valence-electron chi connectivity index (χ1n) is 10.5. The topological polar surface area (TPSA) is 86.5 Å². The molecule has 0 radical (unpaired) electrons. The van der Waals surface area contributed by atoms with Crippen LogP contribution in [-0.2, 0) is 0 Å². The number of pyridine rings is 1. The first kappa shape index (κ1) is 23.4. The minimum Gasteiger partial charge on any atom is -0.370 e. The molecule has 2 heterocycles. The predicted octanol–water partition coefficient (Wildman–Crippen LogP) is 6.44. The lowest BCUT2D eigenvalue weighted by molar-refractivity contribution is 0.630. The van der Waals surface area contributed by atoms with E-state index in [0.29, 0.717) is 63.0 Å². The van der Waals surface area contributed by atoms with Crippen molar-refractivity contribution in [2.45, 2.75) is 6.42 Å². The van der Waals surface area contributed by atoms with Crippen LogP contribution < -0.4 is 10.6 Å². The maximum absolute atomic E-state index is 14.5. The molecule has 4 rings (SSSR count). The number of anilines is 2. The van der Waals surface area contributed by atoms with Crippen LogP contribution >= 0.6 is 23.2 Å². The van der Waals surface area contributed by atoms with Crippen LogP contribution in [0.25, 0.3) is 22.6 Å². The molecular formula is C25H19Cl2FN6. The van der Waals surface area contributed by atoms with E-state index in [1.54, 1.807) is 54.6 Å². The quantitative estimate of drug-likeness (QED) is 0.275. The number of hydrogen-bond acceptors (Lipinski definition) is 6. The third-order valence-corrected chi connectivity index (χ3v) is 5.45. The standard InChI is InChI=1S/C25H19Cl2FN6/c26-17-7-8-18(20(27)12-17)25-33-22(19-4-1-2-5-21(19)28)13-24(34-25)31-11-3-10-30-23-9-6-16(14-29)15-32-23/h1-2,4-9,12-13,15H,3,10-11H2,(H,30,32)(H,31,33,34). The molecule has 0 spiro atoms. The van der Waals surface area contributed by atoms with Gasteiger partial charge in [0.1, 0.15) is 23.5 Å². The molecule has 0 amide bonds. The SMILES string of the molecule is N#Cc1ccc(NCCCNc2cc(-c3ccccc3F)nc(-c3ccc(Cl)cc3Cl)n2)nc1. The van der Waals surface area contributed by atoms with Crippen LogP contribution in [0.15, 0.2) is 66.9 Å². The molecule has 4 aromatic rings. The Balaban J connectivity index is 1.51. The molecule has 170 valence electrons. The summed E-state index contributed by atoms with van der Waals surface area (Å²) in [5, 5.41) is 16.2. The van der Waals surface area contributed by atoms with E-state index in [2.05, 4.69) is 25.6 Å². The Bertz CT molecular complexity index is 1340. The minimum atomic E-state index is -0.376. The molecule has 0 saturated heterocycles. The summed E-state index contributed by atoms with van der Waals surface area (Å²) in [6.07, 6.45) is 2.28. The van der Waals surface area contributed by atoms with Crippen LogP contribution in [0.3, 0.4) is 0 Å². The first-order chi connectivity index (χ1) is 16.5. The molecule has 6 nitrogen and oxygen atoms in total. The maximum atomic E-state index is 14.5. The number of nitriles is 1. The average molecular weight is 493 g/mol. The molecule has 34 heavy (non-hydrogen) atoms. The highest BCUT2D eigenvalue weighted by atomic mass is 35.5. The van der Waals surface area contributed by atoms with Gasteiger partial charge in [-0.3, -0.25) is 0 Å². The monoisotopic (exact) mass is 492 g/mol. The molecule has 9 heteroatoms. The average Bonchev–Trinajstić information content (AvgIpc) is 2.84. The third kappa shape index (κ3) is 5.79. The Hall–Kier alpha value is -3.73. The zero-order chi connectivity index (χ0) is 23.9. The molecular weight excluding hydrogens is 474 g/mol. The van der Waals surface area contributed by atoms with E-state index >= 15 is 0 Å². The Kier molecular flexibility index (Phi) is 7.53. The fourth-order valence-corrected chi connectivity index (χ4v) is 3.71. The summed E-state index contributed by atoms with van der Waals surface area (Å²) in [4.78, 5) is 13.3. The summed E-state index contributed by atoms with van der Waals surface area (Å²) in [7, 11) is 0. The zero-order valence-corrected chi connectivity index (χ0v) is 19.4. The second-order valence-electron chi connectivity index (χ2n) is 7.32. The van der Waals surface area contributed by atoms with Crippen LogP contribution in [0, 0.1) is 17.1 Å². The Labute approximate surface area is 206 Å². The molecule has 0 aliphatic carbocycles. The van der Waals surface area contributed by atoms with Gasteiger partial charge in [-0.05, 0) is 48.9 Å². The highest BCUT2D eigenvalue weighted by Crippen LogP contribution is 2.31. The fourth-order valence-electron chi connectivity index (χ4n) is 3.22. The third-order valence-electron chi connectivity index (χ3n) is 4.91. The van der Waals surface area contributed by atoms with Gasteiger partial charge in [0.15, 0.2) is 5.82 Å². The molecule has 2 N–H and O–H groups in total. The number of aromatic nitrogens is 3. The van der Waals surface area contributed by atoms with Gasteiger partial charge < -0.3 is 10.6 Å². The van der Waals surface area contributed by atoms with Gasteiger partial charge >= 0.3 is 0 Å². The van der Waals surface area contributed by atoms with Gasteiger partial charge in [-0.2, -0.15) is 5.26 Å². The number of hydrogen-bond donors (Lipinski definition) is 2. The molecule has 0 atom stereocenters. The van der Waals surface area contributed by atoms with Crippen molar-refractivity contribution in [1.29, 1.82) is 5.26 Å². The molecule has 0 unspecified atom stereocenters. The molecule has 0 aliphatic rings. The molecule has 2 aromatic carbocycles. The lowest BCUT2D eigenvalue weighted by Gasteiger charge is -2.12. The first-order valence-corrected chi connectivity index (χ1v) is 11.2. The zero-order valence-electron chi connectivity index (χ0n) is 17.9. The Morgan fingerprint density at radius 1 is 0.882 bits per heavy atom. The van der Waals surface area contributed by atoms with Crippen LogP contribution in [-0.4, -0.2) is 28.0 Å². The maximum Gasteiger partial charge on any atom is 0.163 e. The lowest BCUT2D eigenvalue weighted by Crippen LogP contribution is -2.11. The van der Waals surface area contributed by atoms with Gasteiger partial charge in [-0.1, -0.05) is 35.3 Å². The number of nitrogens with one attached hydrogen (secondary N) is 2. The number of halogens is 3. The molecule has 0 aliphatic heterocycles. The van der Waals surface area contributed by atoms with E-state index in [0.717, 1.165) is 6.42 Å². The van der Waals surface area contributed by atoms with Crippen LogP contribution in [0.2, 0.25) is 10.0 Å². The summed E-state index contributed by atoms with van der Waals surface area (Å²) >= 11 is 12.4. The van der Waals surface area contributed by atoms with Gasteiger partial charge in [-0.25, -0.2) is 19.3 Å². The van der Waals surface area contributed by atoms with Gasteiger partial charge in [0.2, 0.25) is 0 Å². The largest absolute Gasteiger partial charge is 0.370 e. The normalized spacial score (nSPS) is 10.5. The van der Waals surface area contributed by atoms with E-state index in [1.165, 1.54) is 12.3 Å². The van der Waals surface area contributed by atoms with Crippen molar-refractivity contribution >= 4 is 34.8 Å². The number of benzene rings is 2. The molecule has 0 saturated carbocycles. The summed E-state index contributed by atoms with van der Waals surface area (Å²) in [5.41, 5.74) is 1.92. The Morgan fingerprint density at radius 2 is 1.68 bits per heavy atom. The summed E-state index contributed by atoms with van der Waals surface area (Å²) in [5.74, 6) is 1.23. The fraction of sp³-hybridized carbons (Fsp3) is 0.120. The van der Waals surface area contributed by atoms with Crippen LogP contribution in [0.1, 0.15) is 12.0 Å². The van der Waals surface area contributed by atoms with Gasteiger partial charge in [0.25, 0.3) is 0 Å². The lowest BCUT2D eigenvalue weighted by atomic mass is 10.1. The van der Waals surface area contributed by atoms with Crippen molar-refractivity contribution < 1.29 is 4.39 Å². The van der Waals surface area contributed by atoms with Crippen molar-refractivity contribution in [1.82, 2.24) is 15.0 Å². The Morgan fingerprint density at radius 3 is 2.38 bits per heavy atom. The van der Waals surface area contributed by atoms with E-state index in [9.17, 15) is 4.39 Å². The highest BCUT2D eigenvalue weighted by molar-refractivity contribution is 6.36. The second kappa shape index (κ2) is 10.9. The highest BCUT2D eigenvalue weighted by Gasteiger charge is 2.14. The van der Waals surface area contributed by atoms with Crippen molar-refractivity contribution in [2.75, 3.05) is 23.7 Å². The summed E-state index contributed by atoms with van der Waals surface area (Å²) in [6, 6.07) is 18.7. The van der Waals surface area contributed by atoms with E-state index in [4.69, 9.17) is 28.5 Å². The minimum absolute atomic E-state index is 0.366. The molecule has 0 bridgehead atoms. The number of nitrogens with zero attached hydrogens (tertiary/aromatic N) is 4. The van der Waals surface area contributed by atoms with Gasteiger partial charge in [0, 0.05) is 41.5 Å². The van der Waals surface area contributed by atoms with E-state index in [1.807, 2.05) is 6.07 Å². The molecule has 2 aromatic heterocycles. The van der Waals surface area contributed by atoms with E-state index in [-0.39, 0.29) is 5.82 Å². The number of rotatable bonds is 8. The second-order valence-corrected chi connectivity index (χ2v) is 8.16.